The SMILES string of the molecule is NC(=Nc1ccccc1)c1cc(F)cc(F)c1. The van der Waals surface area contributed by atoms with Gasteiger partial charge in [0, 0.05) is 11.6 Å². The largest absolute Gasteiger partial charge is 0.383 e. The summed E-state index contributed by atoms with van der Waals surface area (Å²) in [6.07, 6.45) is 0. The summed E-state index contributed by atoms with van der Waals surface area (Å²) in [6, 6.07) is 12.0. The Morgan fingerprint density at radius 3 is 2.12 bits per heavy atom. The Morgan fingerprint density at radius 1 is 0.941 bits per heavy atom. The Balaban J connectivity index is 2.37. The molecule has 2 aromatic carbocycles. The molecular formula is C13H10F2N2. The van der Waals surface area contributed by atoms with Crippen molar-refractivity contribution in [3.05, 3.63) is 65.7 Å². The molecule has 0 amide bonds. The van der Waals surface area contributed by atoms with Gasteiger partial charge in [-0.15, -0.1) is 0 Å². The highest BCUT2D eigenvalue weighted by Gasteiger charge is 2.04. The van der Waals surface area contributed by atoms with E-state index in [-0.39, 0.29) is 11.4 Å². The smallest absolute Gasteiger partial charge is 0.131 e. The lowest BCUT2D eigenvalue weighted by Gasteiger charge is -2.02. The van der Waals surface area contributed by atoms with Crippen molar-refractivity contribution in [1.29, 1.82) is 0 Å². The highest BCUT2D eigenvalue weighted by molar-refractivity contribution is 5.99. The van der Waals surface area contributed by atoms with Gasteiger partial charge in [0.1, 0.15) is 17.5 Å². The Labute approximate surface area is 97.4 Å². The summed E-state index contributed by atoms with van der Waals surface area (Å²) in [5, 5.41) is 0. The van der Waals surface area contributed by atoms with Gasteiger partial charge in [-0.05, 0) is 24.3 Å². The summed E-state index contributed by atoms with van der Waals surface area (Å²) in [6.45, 7) is 0. The fraction of sp³-hybridized carbons (Fsp3) is 0. The Hall–Kier alpha value is -2.23. The van der Waals surface area contributed by atoms with E-state index < -0.39 is 11.6 Å². The third-order valence-corrected chi connectivity index (χ3v) is 2.16. The van der Waals surface area contributed by atoms with Crippen molar-refractivity contribution in [2.75, 3.05) is 0 Å². The zero-order valence-corrected chi connectivity index (χ0v) is 8.90. The monoisotopic (exact) mass is 232 g/mol. The van der Waals surface area contributed by atoms with Gasteiger partial charge in [-0.1, -0.05) is 18.2 Å². The van der Waals surface area contributed by atoms with E-state index >= 15 is 0 Å². The topological polar surface area (TPSA) is 38.4 Å². The van der Waals surface area contributed by atoms with Crippen LogP contribution in [0.25, 0.3) is 0 Å². The lowest BCUT2D eigenvalue weighted by Crippen LogP contribution is -2.13. The summed E-state index contributed by atoms with van der Waals surface area (Å²) >= 11 is 0. The number of benzene rings is 2. The molecule has 0 fully saturated rings. The van der Waals surface area contributed by atoms with Crippen molar-refractivity contribution >= 4 is 11.5 Å². The minimum absolute atomic E-state index is 0.0783. The van der Waals surface area contributed by atoms with Gasteiger partial charge in [-0.3, -0.25) is 0 Å². The fourth-order valence-electron chi connectivity index (χ4n) is 1.41. The molecule has 0 unspecified atom stereocenters. The van der Waals surface area contributed by atoms with Gasteiger partial charge < -0.3 is 5.73 Å². The molecule has 0 radical (unpaired) electrons. The first-order chi connectivity index (χ1) is 8.15. The van der Waals surface area contributed by atoms with Crippen LogP contribution < -0.4 is 5.73 Å². The highest BCUT2D eigenvalue weighted by atomic mass is 19.1. The van der Waals surface area contributed by atoms with E-state index in [9.17, 15) is 8.78 Å². The molecular weight excluding hydrogens is 222 g/mol. The van der Waals surface area contributed by atoms with Crippen molar-refractivity contribution in [3.8, 4) is 0 Å². The van der Waals surface area contributed by atoms with Crippen molar-refractivity contribution in [3.63, 3.8) is 0 Å². The Kier molecular flexibility index (Phi) is 3.14. The van der Waals surface area contributed by atoms with Crippen molar-refractivity contribution < 1.29 is 8.78 Å². The molecule has 0 aliphatic heterocycles. The van der Waals surface area contributed by atoms with Crippen LogP contribution in [-0.4, -0.2) is 5.84 Å². The second-order valence-electron chi connectivity index (χ2n) is 3.49. The predicted molar refractivity (Wildman–Crippen MR) is 63.2 cm³/mol. The quantitative estimate of drug-likeness (QED) is 0.627. The maximum atomic E-state index is 13.0. The first-order valence-corrected chi connectivity index (χ1v) is 5.01. The van der Waals surface area contributed by atoms with Crippen LogP contribution in [0, 0.1) is 11.6 Å². The standard InChI is InChI=1S/C13H10F2N2/c14-10-6-9(7-11(15)8-10)13(16)17-12-4-2-1-3-5-12/h1-8H,(H2,16,17). The van der Waals surface area contributed by atoms with Crippen molar-refractivity contribution in [2.45, 2.75) is 0 Å². The van der Waals surface area contributed by atoms with Crippen LogP contribution >= 0.6 is 0 Å². The molecule has 0 aromatic heterocycles. The van der Waals surface area contributed by atoms with E-state index in [2.05, 4.69) is 4.99 Å². The fourth-order valence-corrected chi connectivity index (χ4v) is 1.41. The third kappa shape index (κ3) is 2.87. The van der Waals surface area contributed by atoms with Crippen LogP contribution in [0.2, 0.25) is 0 Å². The lowest BCUT2D eigenvalue weighted by atomic mass is 10.2. The van der Waals surface area contributed by atoms with Gasteiger partial charge >= 0.3 is 0 Å². The number of hydrogen-bond acceptors (Lipinski definition) is 1. The molecule has 17 heavy (non-hydrogen) atoms. The van der Waals surface area contributed by atoms with Crippen LogP contribution in [0.3, 0.4) is 0 Å². The molecule has 0 spiro atoms. The third-order valence-electron chi connectivity index (χ3n) is 2.16. The van der Waals surface area contributed by atoms with Gasteiger partial charge in [0.05, 0.1) is 5.69 Å². The molecule has 2 nitrogen and oxygen atoms in total. The first kappa shape index (κ1) is 11.3. The zero-order valence-electron chi connectivity index (χ0n) is 8.90. The summed E-state index contributed by atoms with van der Waals surface area (Å²) in [4.78, 5) is 4.07. The second-order valence-corrected chi connectivity index (χ2v) is 3.49. The molecule has 0 bridgehead atoms. The molecule has 0 saturated heterocycles. The molecule has 2 rings (SSSR count). The molecule has 86 valence electrons. The summed E-state index contributed by atoms with van der Waals surface area (Å²) in [7, 11) is 0. The number of amidine groups is 1. The lowest BCUT2D eigenvalue weighted by molar-refractivity contribution is 0.583. The van der Waals surface area contributed by atoms with Crippen LogP contribution in [0.1, 0.15) is 5.56 Å². The minimum Gasteiger partial charge on any atom is -0.383 e. The number of hydrogen-bond donors (Lipinski definition) is 1. The normalized spacial score (nSPS) is 11.5. The van der Waals surface area contributed by atoms with Gasteiger partial charge in [-0.2, -0.15) is 0 Å². The molecule has 0 atom stereocenters. The maximum absolute atomic E-state index is 13.0. The number of para-hydroxylation sites is 1. The molecule has 2 N–H and O–H groups in total. The van der Waals surface area contributed by atoms with Gasteiger partial charge in [0.25, 0.3) is 0 Å². The van der Waals surface area contributed by atoms with Gasteiger partial charge in [0.2, 0.25) is 0 Å². The van der Waals surface area contributed by atoms with Crippen LogP contribution in [0.4, 0.5) is 14.5 Å². The van der Waals surface area contributed by atoms with E-state index in [1.807, 2.05) is 6.07 Å². The predicted octanol–water partition coefficient (Wildman–Crippen LogP) is 3.00. The molecule has 0 aliphatic carbocycles. The number of rotatable bonds is 2. The molecule has 0 aliphatic rings. The van der Waals surface area contributed by atoms with Gasteiger partial charge in [-0.25, -0.2) is 13.8 Å². The average molecular weight is 232 g/mol. The van der Waals surface area contributed by atoms with Crippen molar-refractivity contribution in [1.82, 2.24) is 0 Å². The Morgan fingerprint density at radius 2 is 1.53 bits per heavy atom. The first-order valence-electron chi connectivity index (χ1n) is 5.01. The second kappa shape index (κ2) is 4.74. The number of nitrogens with two attached hydrogens (primary N) is 1. The van der Waals surface area contributed by atoms with E-state index in [0.717, 1.165) is 18.2 Å². The van der Waals surface area contributed by atoms with Crippen LogP contribution in [-0.2, 0) is 0 Å². The highest BCUT2D eigenvalue weighted by Crippen LogP contribution is 2.13. The summed E-state index contributed by atoms with van der Waals surface area (Å²) < 4.78 is 26.0. The zero-order chi connectivity index (χ0) is 12.3. The average Bonchev–Trinajstić information content (AvgIpc) is 2.29. The van der Waals surface area contributed by atoms with E-state index in [4.69, 9.17) is 5.73 Å². The molecule has 0 saturated carbocycles. The number of aliphatic imine (C=N–C) groups is 1. The maximum Gasteiger partial charge on any atom is 0.131 e. The summed E-state index contributed by atoms with van der Waals surface area (Å²) in [5.74, 6) is -1.27. The number of halogens is 2. The van der Waals surface area contributed by atoms with Crippen LogP contribution in [0.5, 0.6) is 0 Å². The molecule has 2 aromatic rings. The van der Waals surface area contributed by atoms with E-state index in [1.165, 1.54) is 0 Å². The molecule has 0 heterocycles. The van der Waals surface area contributed by atoms with Crippen molar-refractivity contribution in [2.24, 2.45) is 10.7 Å². The van der Waals surface area contributed by atoms with Gasteiger partial charge in [0.15, 0.2) is 0 Å². The molecule has 4 heteroatoms. The summed E-state index contributed by atoms with van der Waals surface area (Å²) in [5.41, 5.74) is 6.54. The Bertz CT molecular complexity index is 530. The van der Waals surface area contributed by atoms with Crippen LogP contribution in [0.15, 0.2) is 53.5 Å². The minimum atomic E-state index is -0.675. The number of nitrogens with zero attached hydrogens (tertiary/aromatic N) is 1. The van der Waals surface area contributed by atoms with E-state index in [1.54, 1.807) is 24.3 Å². The van der Waals surface area contributed by atoms with E-state index in [0.29, 0.717) is 5.69 Å².